The van der Waals surface area contributed by atoms with Gasteiger partial charge in [-0.05, 0) is 19.3 Å². The Hall–Kier alpha value is -0.950. The van der Waals surface area contributed by atoms with Crippen LogP contribution < -0.4 is 0 Å². The SMILES string of the molecule is COC(=O)CC=CCC1O[C@@H]2C[C@@]1(OC)C[C@H]1OC3(CCCCC3)O[C@@H]21. The van der Waals surface area contributed by atoms with Crippen LogP contribution in [-0.2, 0) is 28.5 Å². The fourth-order valence-electron chi connectivity index (χ4n) is 5.15. The van der Waals surface area contributed by atoms with E-state index in [2.05, 4.69) is 4.74 Å². The standard InChI is InChI=1S/C20H30O6/c1-22-17(21)9-5-4-8-16-19(23-2)12-14(24-16)18-15(13-19)25-20(26-18)10-6-3-7-11-20/h4-5,14-16,18H,3,6-13H2,1-2H3/t14-,15-,16?,18+,19-/m1/s1. The first-order valence-electron chi connectivity index (χ1n) is 9.88. The molecule has 1 unspecified atom stereocenters. The molecule has 4 aliphatic rings. The van der Waals surface area contributed by atoms with Crippen LogP contribution in [-0.4, -0.2) is 56.0 Å². The van der Waals surface area contributed by atoms with Gasteiger partial charge in [-0.1, -0.05) is 18.6 Å². The summed E-state index contributed by atoms with van der Waals surface area (Å²) >= 11 is 0. The maximum absolute atomic E-state index is 11.2. The fraction of sp³-hybridized carbons (Fsp3) is 0.850. The molecule has 2 aliphatic heterocycles. The van der Waals surface area contributed by atoms with Crippen LogP contribution in [0.25, 0.3) is 0 Å². The average Bonchev–Trinajstić information content (AvgIpc) is 3.16. The molecular formula is C20H30O6. The molecule has 0 aromatic heterocycles. The number of carbonyl (C=O) groups is 1. The van der Waals surface area contributed by atoms with E-state index < -0.39 is 0 Å². The van der Waals surface area contributed by atoms with Gasteiger partial charge >= 0.3 is 5.97 Å². The van der Waals surface area contributed by atoms with Crippen LogP contribution in [0.1, 0.15) is 57.8 Å². The summed E-state index contributed by atoms with van der Waals surface area (Å²) in [5.41, 5.74) is -0.328. The highest BCUT2D eigenvalue weighted by Crippen LogP contribution is 2.53. The van der Waals surface area contributed by atoms with Crippen LogP contribution >= 0.6 is 0 Å². The Kier molecular flexibility index (Phi) is 5.12. The molecule has 4 fully saturated rings. The van der Waals surface area contributed by atoms with Gasteiger partial charge in [0, 0.05) is 32.8 Å². The van der Waals surface area contributed by atoms with E-state index in [-0.39, 0.29) is 48.2 Å². The normalized spacial score (nSPS) is 40.8. The minimum Gasteiger partial charge on any atom is -0.469 e. The summed E-state index contributed by atoms with van der Waals surface area (Å²) in [4.78, 5) is 11.2. The van der Waals surface area contributed by atoms with E-state index >= 15 is 0 Å². The van der Waals surface area contributed by atoms with Gasteiger partial charge in [0.2, 0.25) is 0 Å². The van der Waals surface area contributed by atoms with Crippen molar-refractivity contribution in [1.82, 2.24) is 0 Å². The van der Waals surface area contributed by atoms with Crippen molar-refractivity contribution in [2.75, 3.05) is 14.2 Å². The molecule has 146 valence electrons. The lowest BCUT2D eigenvalue weighted by atomic mass is 9.78. The molecule has 0 N–H and O–H groups in total. The minimum absolute atomic E-state index is 0.0143. The van der Waals surface area contributed by atoms with Crippen LogP contribution in [0.3, 0.4) is 0 Å². The van der Waals surface area contributed by atoms with E-state index in [9.17, 15) is 4.79 Å². The molecule has 2 aliphatic carbocycles. The largest absolute Gasteiger partial charge is 0.469 e. The molecule has 1 spiro atoms. The number of hydrogen-bond acceptors (Lipinski definition) is 6. The number of ether oxygens (including phenoxy) is 5. The number of methoxy groups -OCH3 is 2. The van der Waals surface area contributed by atoms with E-state index in [1.165, 1.54) is 26.4 Å². The predicted octanol–water partition coefficient (Wildman–Crippen LogP) is 2.89. The third kappa shape index (κ3) is 3.21. The predicted molar refractivity (Wildman–Crippen MR) is 93.6 cm³/mol. The monoisotopic (exact) mass is 366 g/mol. The lowest BCUT2D eigenvalue weighted by Crippen LogP contribution is -2.49. The second kappa shape index (κ2) is 7.23. The van der Waals surface area contributed by atoms with Crippen molar-refractivity contribution in [2.24, 2.45) is 0 Å². The van der Waals surface area contributed by atoms with Gasteiger partial charge in [0.1, 0.15) is 6.10 Å². The maximum Gasteiger partial charge on any atom is 0.309 e. The van der Waals surface area contributed by atoms with Crippen LogP contribution in [0.15, 0.2) is 12.2 Å². The van der Waals surface area contributed by atoms with Crippen LogP contribution in [0.4, 0.5) is 0 Å². The zero-order valence-electron chi connectivity index (χ0n) is 15.8. The minimum atomic E-state index is -0.383. The van der Waals surface area contributed by atoms with Gasteiger partial charge in [0.25, 0.3) is 0 Å². The molecule has 6 nitrogen and oxygen atoms in total. The summed E-state index contributed by atoms with van der Waals surface area (Å²) in [6, 6.07) is 0. The molecule has 2 heterocycles. The fourth-order valence-corrected chi connectivity index (χ4v) is 5.15. The number of carbonyl (C=O) groups excluding carboxylic acids is 1. The van der Waals surface area contributed by atoms with Crippen molar-refractivity contribution in [3.05, 3.63) is 12.2 Å². The van der Waals surface area contributed by atoms with E-state index in [4.69, 9.17) is 18.9 Å². The van der Waals surface area contributed by atoms with Crippen molar-refractivity contribution >= 4 is 5.97 Å². The Labute approximate surface area is 155 Å². The van der Waals surface area contributed by atoms with Gasteiger partial charge in [-0.2, -0.15) is 0 Å². The molecule has 0 aromatic carbocycles. The van der Waals surface area contributed by atoms with Gasteiger partial charge in [0.15, 0.2) is 5.79 Å². The second-order valence-electron chi connectivity index (χ2n) is 8.04. The lowest BCUT2D eigenvalue weighted by Gasteiger charge is -2.37. The van der Waals surface area contributed by atoms with Crippen molar-refractivity contribution < 1.29 is 28.5 Å². The molecule has 2 saturated heterocycles. The molecule has 4 rings (SSSR count). The van der Waals surface area contributed by atoms with Crippen LogP contribution in [0.5, 0.6) is 0 Å². The molecule has 0 amide bonds. The summed E-state index contributed by atoms with van der Waals surface area (Å²) in [6.45, 7) is 0. The summed E-state index contributed by atoms with van der Waals surface area (Å²) < 4.78 is 29.9. The molecule has 26 heavy (non-hydrogen) atoms. The summed E-state index contributed by atoms with van der Waals surface area (Å²) in [7, 11) is 3.17. The number of esters is 1. The van der Waals surface area contributed by atoms with Gasteiger partial charge in [-0.25, -0.2) is 0 Å². The van der Waals surface area contributed by atoms with E-state index in [1.54, 1.807) is 7.11 Å². The number of fused-ring (bicyclic) bond motifs is 4. The Morgan fingerprint density at radius 3 is 2.58 bits per heavy atom. The number of hydrogen-bond donors (Lipinski definition) is 0. The third-order valence-electron chi connectivity index (χ3n) is 6.52. The van der Waals surface area contributed by atoms with Crippen molar-refractivity contribution in [3.63, 3.8) is 0 Å². The first kappa shape index (κ1) is 18.4. The molecule has 5 atom stereocenters. The Bertz CT molecular complexity index is 555. The highest BCUT2D eigenvalue weighted by atomic mass is 16.8. The topological polar surface area (TPSA) is 63.2 Å². The molecule has 2 bridgehead atoms. The first-order chi connectivity index (χ1) is 12.6. The maximum atomic E-state index is 11.2. The molecular weight excluding hydrogens is 336 g/mol. The Morgan fingerprint density at radius 2 is 1.85 bits per heavy atom. The highest BCUT2D eigenvalue weighted by molar-refractivity contribution is 5.70. The van der Waals surface area contributed by atoms with Crippen LogP contribution in [0.2, 0.25) is 0 Å². The second-order valence-corrected chi connectivity index (χ2v) is 8.04. The van der Waals surface area contributed by atoms with E-state index in [1.807, 2.05) is 12.2 Å². The Morgan fingerprint density at radius 1 is 1.08 bits per heavy atom. The lowest BCUT2D eigenvalue weighted by molar-refractivity contribution is -0.206. The van der Waals surface area contributed by atoms with E-state index in [0.717, 1.165) is 25.7 Å². The zero-order valence-corrected chi connectivity index (χ0v) is 15.8. The van der Waals surface area contributed by atoms with Crippen molar-refractivity contribution in [3.8, 4) is 0 Å². The third-order valence-corrected chi connectivity index (χ3v) is 6.52. The number of rotatable bonds is 5. The molecule has 6 heteroatoms. The van der Waals surface area contributed by atoms with Gasteiger partial charge < -0.3 is 23.7 Å². The summed E-state index contributed by atoms with van der Waals surface area (Å²) in [6.07, 6.45) is 12.1. The van der Waals surface area contributed by atoms with Crippen LogP contribution in [0, 0.1) is 0 Å². The van der Waals surface area contributed by atoms with Crippen molar-refractivity contribution in [1.29, 1.82) is 0 Å². The highest BCUT2D eigenvalue weighted by Gasteiger charge is 2.63. The zero-order chi connectivity index (χ0) is 18.2. The van der Waals surface area contributed by atoms with Gasteiger partial charge in [-0.3, -0.25) is 4.79 Å². The van der Waals surface area contributed by atoms with Crippen molar-refractivity contribution in [2.45, 2.75) is 93.6 Å². The average molecular weight is 366 g/mol. The smallest absolute Gasteiger partial charge is 0.309 e. The van der Waals surface area contributed by atoms with E-state index in [0.29, 0.717) is 6.42 Å². The van der Waals surface area contributed by atoms with Gasteiger partial charge in [-0.15, -0.1) is 0 Å². The quantitative estimate of drug-likeness (QED) is 0.551. The van der Waals surface area contributed by atoms with Gasteiger partial charge in [0.05, 0.1) is 37.4 Å². The first-order valence-corrected chi connectivity index (χ1v) is 9.88. The molecule has 0 aromatic rings. The Balaban J connectivity index is 1.42. The molecule has 2 saturated carbocycles. The summed E-state index contributed by atoms with van der Waals surface area (Å²) in [5, 5.41) is 0. The summed E-state index contributed by atoms with van der Waals surface area (Å²) in [5.74, 6) is -0.616. The molecule has 0 radical (unpaired) electrons.